The molecule has 0 aromatic heterocycles. The van der Waals surface area contributed by atoms with Crippen molar-refractivity contribution in [3.8, 4) is 0 Å². The van der Waals surface area contributed by atoms with Crippen molar-refractivity contribution in [2.24, 2.45) is 0 Å². The van der Waals surface area contributed by atoms with Crippen LogP contribution in [0.4, 0.5) is 5.69 Å². The van der Waals surface area contributed by atoms with Gasteiger partial charge in [-0.2, -0.15) is 0 Å². The molecule has 0 bridgehead atoms. The molecule has 1 heterocycles. The number of rotatable bonds is 1. The van der Waals surface area contributed by atoms with E-state index in [4.69, 9.17) is 10.0 Å². The number of nitrogens with one attached hydrogen (secondary N) is 1. The van der Waals surface area contributed by atoms with Crippen LogP contribution in [0.2, 0.25) is 0 Å². The van der Waals surface area contributed by atoms with Crippen LogP contribution >= 0.6 is 0 Å². The molecule has 1 aromatic rings. The lowest BCUT2D eigenvalue weighted by Crippen LogP contribution is -2.30. The van der Waals surface area contributed by atoms with E-state index in [1.807, 2.05) is 13.8 Å². The van der Waals surface area contributed by atoms with Crippen LogP contribution in [0.1, 0.15) is 19.4 Å². The summed E-state index contributed by atoms with van der Waals surface area (Å²) in [6.45, 7) is 3.67. The minimum Gasteiger partial charge on any atom is -0.423 e. The van der Waals surface area contributed by atoms with Gasteiger partial charge in [-0.05, 0) is 30.9 Å². The van der Waals surface area contributed by atoms with Crippen molar-refractivity contribution in [3.63, 3.8) is 0 Å². The minimum absolute atomic E-state index is 0.0675. The molecule has 0 spiro atoms. The number of anilines is 1. The van der Waals surface area contributed by atoms with Crippen molar-refractivity contribution in [2.75, 3.05) is 5.32 Å². The van der Waals surface area contributed by atoms with Gasteiger partial charge in [0.25, 0.3) is 0 Å². The summed E-state index contributed by atoms with van der Waals surface area (Å²) in [6.07, 6.45) is 0. The Kier molecular flexibility index (Phi) is 2.10. The highest BCUT2D eigenvalue weighted by atomic mass is 16.4. The molecule has 0 radical (unpaired) electrons. The summed E-state index contributed by atoms with van der Waals surface area (Å²) in [6, 6.07) is 4.96. The number of benzene rings is 1. The van der Waals surface area contributed by atoms with E-state index >= 15 is 0 Å². The van der Waals surface area contributed by atoms with Gasteiger partial charge in [-0.3, -0.25) is 4.79 Å². The van der Waals surface area contributed by atoms with Crippen molar-refractivity contribution < 1.29 is 14.8 Å². The topological polar surface area (TPSA) is 69.6 Å². The van der Waals surface area contributed by atoms with E-state index in [9.17, 15) is 4.79 Å². The largest absolute Gasteiger partial charge is 0.488 e. The zero-order valence-electron chi connectivity index (χ0n) is 8.61. The molecule has 78 valence electrons. The van der Waals surface area contributed by atoms with Crippen LogP contribution in [-0.2, 0) is 10.2 Å². The molecule has 0 atom stereocenters. The Balaban J connectivity index is 2.51. The van der Waals surface area contributed by atoms with Gasteiger partial charge in [0.15, 0.2) is 0 Å². The molecule has 0 fully saturated rings. The summed E-state index contributed by atoms with van der Waals surface area (Å²) in [5, 5.41) is 20.7. The number of amides is 1. The van der Waals surface area contributed by atoms with Gasteiger partial charge in [-0.15, -0.1) is 0 Å². The number of fused-ring (bicyclic) bond motifs is 1. The van der Waals surface area contributed by atoms with Crippen molar-refractivity contribution >= 4 is 24.2 Å². The van der Waals surface area contributed by atoms with E-state index in [0.717, 1.165) is 5.56 Å². The van der Waals surface area contributed by atoms with Crippen molar-refractivity contribution in [1.29, 1.82) is 0 Å². The summed E-state index contributed by atoms with van der Waals surface area (Å²) in [5.41, 5.74) is 1.38. The molecule has 0 saturated carbocycles. The standard InChI is InChI=1S/C10H12BNO3/c1-10(2)7-4-3-6(11(14)15)5-8(7)12-9(10)13/h3-5,14-15H,1-2H3,(H,12,13). The maximum absolute atomic E-state index is 11.6. The Hall–Kier alpha value is -1.33. The molecular formula is C10H12BNO3. The van der Waals surface area contributed by atoms with Gasteiger partial charge in [-0.1, -0.05) is 12.1 Å². The van der Waals surface area contributed by atoms with Crippen molar-refractivity contribution in [1.82, 2.24) is 0 Å². The fourth-order valence-corrected chi connectivity index (χ4v) is 1.77. The second kappa shape index (κ2) is 3.08. The van der Waals surface area contributed by atoms with Gasteiger partial charge in [0.1, 0.15) is 0 Å². The first-order chi connectivity index (χ1) is 6.93. The highest BCUT2D eigenvalue weighted by molar-refractivity contribution is 6.58. The third-order valence-electron chi connectivity index (χ3n) is 2.83. The number of carbonyl (C=O) groups excluding carboxylic acids is 1. The SMILES string of the molecule is CC1(C)C(=O)Nc2cc(B(O)O)ccc21. The van der Waals surface area contributed by atoms with Gasteiger partial charge in [-0.25, -0.2) is 0 Å². The number of hydrogen-bond acceptors (Lipinski definition) is 3. The maximum atomic E-state index is 11.6. The summed E-state index contributed by atoms with van der Waals surface area (Å²) in [4.78, 5) is 11.6. The second-order valence-electron chi connectivity index (χ2n) is 4.26. The Bertz CT molecular complexity index is 429. The summed E-state index contributed by atoms with van der Waals surface area (Å²) >= 11 is 0. The molecule has 0 saturated heterocycles. The van der Waals surface area contributed by atoms with Crippen LogP contribution in [0, 0.1) is 0 Å². The zero-order valence-corrected chi connectivity index (χ0v) is 8.61. The lowest BCUT2D eigenvalue weighted by Gasteiger charge is -2.14. The third-order valence-corrected chi connectivity index (χ3v) is 2.83. The first-order valence-electron chi connectivity index (χ1n) is 4.75. The van der Waals surface area contributed by atoms with Crippen molar-refractivity contribution in [3.05, 3.63) is 23.8 Å². The first kappa shape index (κ1) is 10.2. The quantitative estimate of drug-likeness (QED) is 0.546. The van der Waals surface area contributed by atoms with Gasteiger partial charge >= 0.3 is 7.12 Å². The average molecular weight is 205 g/mol. The average Bonchev–Trinajstić information content (AvgIpc) is 2.38. The molecule has 15 heavy (non-hydrogen) atoms. The first-order valence-corrected chi connectivity index (χ1v) is 4.75. The molecule has 4 nitrogen and oxygen atoms in total. The van der Waals surface area contributed by atoms with Crippen LogP contribution in [0.3, 0.4) is 0 Å². The predicted molar refractivity (Wildman–Crippen MR) is 57.9 cm³/mol. The fraction of sp³-hybridized carbons (Fsp3) is 0.300. The summed E-state index contributed by atoms with van der Waals surface area (Å²) < 4.78 is 0. The fourth-order valence-electron chi connectivity index (χ4n) is 1.77. The number of carbonyl (C=O) groups is 1. The van der Waals surface area contributed by atoms with E-state index in [-0.39, 0.29) is 5.91 Å². The lowest BCUT2D eigenvalue weighted by molar-refractivity contribution is -0.119. The normalized spacial score (nSPS) is 17.2. The predicted octanol–water partition coefficient (Wildman–Crippen LogP) is -0.404. The monoisotopic (exact) mass is 205 g/mol. The lowest BCUT2D eigenvalue weighted by atomic mass is 9.77. The molecule has 1 aliphatic rings. The van der Waals surface area contributed by atoms with Crippen molar-refractivity contribution in [2.45, 2.75) is 19.3 Å². The molecular weight excluding hydrogens is 193 g/mol. The molecule has 5 heteroatoms. The summed E-state index contributed by atoms with van der Waals surface area (Å²) in [7, 11) is -1.50. The Labute approximate surface area is 88.1 Å². The smallest absolute Gasteiger partial charge is 0.423 e. The van der Waals surface area contributed by atoms with Gasteiger partial charge in [0.2, 0.25) is 5.91 Å². The van der Waals surface area contributed by atoms with E-state index in [0.29, 0.717) is 11.2 Å². The van der Waals surface area contributed by atoms with E-state index in [1.165, 1.54) is 0 Å². The molecule has 0 unspecified atom stereocenters. The highest BCUT2D eigenvalue weighted by Gasteiger charge is 2.38. The van der Waals surface area contributed by atoms with E-state index in [2.05, 4.69) is 5.32 Å². The molecule has 1 aliphatic heterocycles. The van der Waals surface area contributed by atoms with Gasteiger partial charge < -0.3 is 15.4 Å². The van der Waals surface area contributed by atoms with Gasteiger partial charge in [0.05, 0.1) is 5.41 Å². The number of hydrogen-bond donors (Lipinski definition) is 3. The van der Waals surface area contributed by atoms with E-state index < -0.39 is 12.5 Å². The molecule has 1 amide bonds. The second-order valence-corrected chi connectivity index (χ2v) is 4.26. The molecule has 0 aliphatic carbocycles. The highest BCUT2D eigenvalue weighted by Crippen LogP contribution is 2.36. The van der Waals surface area contributed by atoms with Crippen LogP contribution in [0.15, 0.2) is 18.2 Å². The third kappa shape index (κ3) is 1.44. The maximum Gasteiger partial charge on any atom is 0.488 e. The Morgan fingerprint density at radius 3 is 2.60 bits per heavy atom. The van der Waals surface area contributed by atoms with Crippen LogP contribution in [0.25, 0.3) is 0 Å². The zero-order chi connectivity index (χ0) is 11.2. The Morgan fingerprint density at radius 1 is 1.33 bits per heavy atom. The van der Waals surface area contributed by atoms with Crippen LogP contribution < -0.4 is 10.8 Å². The Morgan fingerprint density at radius 2 is 2.00 bits per heavy atom. The van der Waals surface area contributed by atoms with E-state index in [1.54, 1.807) is 18.2 Å². The molecule has 1 aromatic carbocycles. The van der Waals surface area contributed by atoms with Crippen LogP contribution in [0.5, 0.6) is 0 Å². The minimum atomic E-state index is -1.50. The van der Waals surface area contributed by atoms with Crippen LogP contribution in [-0.4, -0.2) is 23.1 Å². The molecule has 2 rings (SSSR count). The van der Waals surface area contributed by atoms with Gasteiger partial charge in [0, 0.05) is 5.69 Å². The molecule has 3 N–H and O–H groups in total. The summed E-state index contributed by atoms with van der Waals surface area (Å²) in [5.74, 6) is -0.0675.